The number of carbonyl (C=O) groups excluding carboxylic acids is 1. The van der Waals surface area contributed by atoms with Gasteiger partial charge in [-0.1, -0.05) is 6.07 Å². The van der Waals surface area contributed by atoms with E-state index in [2.05, 4.69) is 15.5 Å². The van der Waals surface area contributed by atoms with Gasteiger partial charge in [-0.2, -0.15) is 5.10 Å². The Morgan fingerprint density at radius 3 is 2.85 bits per heavy atom. The van der Waals surface area contributed by atoms with Gasteiger partial charge in [-0.3, -0.25) is 9.89 Å². The molecule has 0 saturated heterocycles. The Morgan fingerprint density at radius 1 is 1.38 bits per heavy atom. The van der Waals surface area contributed by atoms with E-state index in [9.17, 15) is 13.6 Å². The van der Waals surface area contributed by atoms with Crippen LogP contribution < -0.4 is 5.32 Å². The summed E-state index contributed by atoms with van der Waals surface area (Å²) in [6, 6.07) is 3.62. The minimum absolute atomic E-state index is 0.0183. The molecule has 2 atom stereocenters. The molecule has 0 bridgehead atoms. The van der Waals surface area contributed by atoms with Crippen molar-refractivity contribution in [1.29, 1.82) is 0 Å². The summed E-state index contributed by atoms with van der Waals surface area (Å²) in [5.41, 5.74) is 2.09. The zero-order chi connectivity index (χ0) is 18.5. The summed E-state index contributed by atoms with van der Waals surface area (Å²) in [6.45, 7) is 4.19. The van der Waals surface area contributed by atoms with E-state index in [0.29, 0.717) is 24.2 Å². The highest BCUT2D eigenvalue weighted by Crippen LogP contribution is 2.48. The van der Waals surface area contributed by atoms with Gasteiger partial charge < -0.3 is 10.1 Å². The molecule has 26 heavy (non-hydrogen) atoms. The lowest BCUT2D eigenvalue weighted by molar-refractivity contribution is -0.00697. The summed E-state index contributed by atoms with van der Waals surface area (Å²) >= 11 is 0. The standard InChI is InChI=1S/C19H21F2N3O2/c1-10-7-13-16(11(2)26-10)23-24-17(13)18(25)22-9-19(5-6-19)14-4-3-12(20)8-15(14)21/h3-4,8,10-11H,5-7,9H2,1-2H3,(H,22,25)(H,23,24)/t10-,11+/m1/s1. The first-order valence-electron chi connectivity index (χ1n) is 8.86. The molecular weight excluding hydrogens is 340 g/mol. The number of ether oxygens (including phenoxy) is 1. The van der Waals surface area contributed by atoms with Crippen molar-refractivity contribution in [1.82, 2.24) is 15.5 Å². The van der Waals surface area contributed by atoms with E-state index < -0.39 is 17.0 Å². The number of nitrogens with one attached hydrogen (secondary N) is 2. The number of aromatic amines is 1. The number of fused-ring (bicyclic) bond motifs is 1. The number of amides is 1. The van der Waals surface area contributed by atoms with Gasteiger partial charge in [0.05, 0.1) is 17.9 Å². The van der Waals surface area contributed by atoms with Crippen LogP contribution in [0.1, 0.15) is 60.1 Å². The fraction of sp³-hybridized carbons (Fsp3) is 0.474. The molecule has 1 aliphatic carbocycles. The van der Waals surface area contributed by atoms with Gasteiger partial charge in [0, 0.05) is 30.0 Å². The molecule has 2 N–H and O–H groups in total. The molecule has 1 aromatic carbocycles. The second kappa shape index (κ2) is 6.16. The molecular formula is C19H21F2N3O2. The predicted octanol–water partition coefficient (Wildman–Crippen LogP) is 3.17. The molecule has 2 heterocycles. The summed E-state index contributed by atoms with van der Waals surface area (Å²) in [4.78, 5) is 12.6. The minimum Gasteiger partial charge on any atom is -0.369 e. The minimum atomic E-state index is -0.598. The fourth-order valence-electron chi connectivity index (χ4n) is 3.81. The number of nitrogens with zero attached hydrogens (tertiary/aromatic N) is 1. The summed E-state index contributed by atoms with van der Waals surface area (Å²) in [7, 11) is 0. The van der Waals surface area contributed by atoms with Gasteiger partial charge in [0.15, 0.2) is 5.69 Å². The van der Waals surface area contributed by atoms with Gasteiger partial charge in [-0.15, -0.1) is 0 Å². The summed E-state index contributed by atoms with van der Waals surface area (Å²) in [5, 5.41) is 9.95. The zero-order valence-corrected chi connectivity index (χ0v) is 14.7. The molecule has 1 saturated carbocycles. The average molecular weight is 361 g/mol. The number of hydrogen-bond donors (Lipinski definition) is 2. The third-order valence-electron chi connectivity index (χ3n) is 5.39. The molecule has 1 aliphatic heterocycles. The number of rotatable bonds is 4. The van der Waals surface area contributed by atoms with Crippen LogP contribution in [0.4, 0.5) is 8.78 Å². The van der Waals surface area contributed by atoms with Crippen LogP contribution in [-0.2, 0) is 16.6 Å². The Bertz CT molecular complexity index is 860. The van der Waals surface area contributed by atoms with Crippen LogP contribution in [0, 0.1) is 11.6 Å². The molecule has 5 nitrogen and oxygen atoms in total. The van der Waals surface area contributed by atoms with Crippen LogP contribution in [0.3, 0.4) is 0 Å². The van der Waals surface area contributed by atoms with Crippen molar-refractivity contribution in [2.45, 2.75) is 50.7 Å². The van der Waals surface area contributed by atoms with Gasteiger partial charge in [0.1, 0.15) is 11.6 Å². The highest BCUT2D eigenvalue weighted by molar-refractivity contribution is 5.94. The van der Waals surface area contributed by atoms with Gasteiger partial charge in [-0.25, -0.2) is 8.78 Å². The number of halogens is 2. The Balaban J connectivity index is 1.50. The molecule has 1 amide bonds. The summed E-state index contributed by atoms with van der Waals surface area (Å²) in [6.07, 6.45) is 2.03. The molecule has 138 valence electrons. The maximum Gasteiger partial charge on any atom is 0.272 e. The maximum absolute atomic E-state index is 14.1. The second-order valence-corrected chi connectivity index (χ2v) is 7.34. The van der Waals surface area contributed by atoms with Crippen LogP contribution >= 0.6 is 0 Å². The molecule has 1 aromatic heterocycles. The lowest BCUT2D eigenvalue weighted by Gasteiger charge is -2.25. The van der Waals surface area contributed by atoms with Crippen LogP contribution in [0.25, 0.3) is 0 Å². The number of aromatic nitrogens is 2. The molecule has 0 radical (unpaired) electrons. The second-order valence-electron chi connectivity index (χ2n) is 7.34. The van der Waals surface area contributed by atoms with Crippen LogP contribution in [0.5, 0.6) is 0 Å². The molecule has 4 rings (SSSR count). The largest absolute Gasteiger partial charge is 0.369 e. The lowest BCUT2D eigenvalue weighted by Crippen LogP contribution is -2.34. The number of carbonyl (C=O) groups is 1. The molecule has 0 unspecified atom stereocenters. The monoisotopic (exact) mass is 361 g/mol. The van der Waals surface area contributed by atoms with Crippen molar-refractivity contribution in [3.63, 3.8) is 0 Å². The van der Waals surface area contributed by atoms with E-state index in [4.69, 9.17) is 4.74 Å². The molecule has 2 aromatic rings. The van der Waals surface area contributed by atoms with Gasteiger partial charge in [-0.05, 0) is 38.3 Å². The number of hydrogen-bond acceptors (Lipinski definition) is 3. The Hall–Kier alpha value is -2.28. The van der Waals surface area contributed by atoms with E-state index >= 15 is 0 Å². The normalized spacial score (nSPS) is 23.4. The van der Waals surface area contributed by atoms with Crippen molar-refractivity contribution in [2.24, 2.45) is 0 Å². The summed E-state index contributed by atoms with van der Waals surface area (Å²) < 4.78 is 33.0. The maximum atomic E-state index is 14.1. The Kier molecular flexibility index (Phi) is 4.06. The van der Waals surface area contributed by atoms with Crippen molar-refractivity contribution in [3.8, 4) is 0 Å². The zero-order valence-electron chi connectivity index (χ0n) is 14.7. The molecule has 1 fully saturated rings. The third kappa shape index (κ3) is 2.90. The summed E-state index contributed by atoms with van der Waals surface area (Å²) in [5.74, 6) is -1.44. The first-order chi connectivity index (χ1) is 12.4. The van der Waals surface area contributed by atoms with Crippen LogP contribution in [0.2, 0.25) is 0 Å². The molecule has 7 heteroatoms. The first kappa shape index (κ1) is 17.1. The van der Waals surface area contributed by atoms with Crippen molar-refractivity contribution in [2.75, 3.05) is 6.54 Å². The van der Waals surface area contributed by atoms with Crippen molar-refractivity contribution >= 4 is 5.91 Å². The predicted molar refractivity (Wildman–Crippen MR) is 90.9 cm³/mol. The first-order valence-corrected chi connectivity index (χ1v) is 8.86. The van der Waals surface area contributed by atoms with E-state index in [-0.39, 0.29) is 18.1 Å². The highest BCUT2D eigenvalue weighted by Gasteiger charge is 2.46. The van der Waals surface area contributed by atoms with E-state index in [0.717, 1.165) is 30.2 Å². The Labute approximate surface area is 150 Å². The number of H-pyrrole nitrogens is 1. The van der Waals surface area contributed by atoms with Crippen LogP contribution in [-0.4, -0.2) is 28.8 Å². The van der Waals surface area contributed by atoms with E-state index in [1.165, 1.54) is 12.1 Å². The van der Waals surface area contributed by atoms with Gasteiger partial charge in [0.25, 0.3) is 5.91 Å². The Morgan fingerprint density at radius 2 is 2.15 bits per heavy atom. The highest BCUT2D eigenvalue weighted by atomic mass is 19.1. The number of benzene rings is 1. The lowest BCUT2D eigenvalue weighted by atomic mass is 9.95. The molecule has 0 spiro atoms. The quantitative estimate of drug-likeness (QED) is 0.879. The fourth-order valence-corrected chi connectivity index (χ4v) is 3.81. The van der Waals surface area contributed by atoms with Crippen molar-refractivity contribution in [3.05, 3.63) is 52.3 Å². The van der Waals surface area contributed by atoms with E-state index in [1.807, 2.05) is 13.8 Å². The van der Waals surface area contributed by atoms with Crippen LogP contribution in [0.15, 0.2) is 18.2 Å². The third-order valence-corrected chi connectivity index (χ3v) is 5.39. The smallest absolute Gasteiger partial charge is 0.272 e. The van der Waals surface area contributed by atoms with E-state index in [1.54, 1.807) is 0 Å². The van der Waals surface area contributed by atoms with Gasteiger partial charge in [0.2, 0.25) is 0 Å². The van der Waals surface area contributed by atoms with Crippen molar-refractivity contribution < 1.29 is 18.3 Å². The topological polar surface area (TPSA) is 67.0 Å². The SMILES string of the molecule is C[C@@H]1Cc2c(C(=O)NCC3(c4ccc(F)cc4F)CC3)n[nH]c2[C@H](C)O1. The molecule has 2 aliphatic rings. The van der Waals surface area contributed by atoms with Gasteiger partial charge >= 0.3 is 0 Å². The average Bonchev–Trinajstić information content (AvgIpc) is 3.23.